The molecule has 208 valence electrons. The number of ether oxygens (including phenoxy) is 1. The maximum absolute atomic E-state index is 14.1. The number of rotatable bonds is 12. The number of carbonyl (C=O) groups excluding carboxylic acids is 2. The molecule has 0 unspecified atom stereocenters. The maximum Gasteiger partial charge on any atom is 0.244 e. The third kappa shape index (κ3) is 8.32. The quantitative estimate of drug-likeness (QED) is 0.368. The predicted octanol–water partition coefficient (Wildman–Crippen LogP) is 3.93. The number of aryl methyl sites for hydroxylation is 1. The summed E-state index contributed by atoms with van der Waals surface area (Å²) >= 11 is 0. The van der Waals surface area contributed by atoms with Gasteiger partial charge in [-0.2, -0.15) is 0 Å². The highest BCUT2D eigenvalue weighted by atomic mass is 32.2. The van der Waals surface area contributed by atoms with Crippen LogP contribution in [0, 0.1) is 6.92 Å². The molecular weight excluding hydrogens is 514 g/mol. The van der Waals surface area contributed by atoms with Gasteiger partial charge in [-0.25, -0.2) is 8.42 Å². The maximum atomic E-state index is 14.1. The third-order valence-electron chi connectivity index (χ3n) is 6.17. The topological polar surface area (TPSA) is 96.0 Å². The normalized spacial score (nSPS) is 12.1. The van der Waals surface area contributed by atoms with E-state index in [-0.39, 0.29) is 30.6 Å². The zero-order valence-corrected chi connectivity index (χ0v) is 23.9. The summed E-state index contributed by atoms with van der Waals surface area (Å²) in [6, 6.07) is 22.8. The van der Waals surface area contributed by atoms with Crippen LogP contribution in [0.4, 0.5) is 5.69 Å². The largest absolute Gasteiger partial charge is 0.495 e. The van der Waals surface area contributed by atoms with Gasteiger partial charge >= 0.3 is 0 Å². The molecule has 0 saturated carbocycles. The van der Waals surface area contributed by atoms with Crippen LogP contribution in [0.15, 0.2) is 78.9 Å². The summed E-state index contributed by atoms with van der Waals surface area (Å²) in [7, 11) is -2.44. The van der Waals surface area contributed by atoms with Gasteiger partial charge in [0, 0.05) is 19.0 Å². The number of benzene rings is 3. The number of methoxy groups -OCH3 is 1. The Balaban J connectivity index is 2.08. The highest BCUT2D eigenvalue weighted by molar-refractivity contribution is 7.92. The molecule has 3 aromatic rings. The Morgan fingerprint density at radius 3 is 2.18 bits per heavy atom. The first kappa shape index (κ1) is 29.7. The molecule has 0 aliphatic carbocycles. The zero-order chi connectivity index (χ0) is 28.6. The van der Waals surface area contributed by atoms with Gasteiger partial charge in [0.2, 0.25) is 21.8 Å². The average molecular weight is 552 g/mol. The molecule has 0 saturated heterocycles. The molecule has 0 heterocycles. The van der Waals surface area contributed by atoms with E-state index < -0.39 is 28.5 Å². The van der Waals surface area contributed by atoms with E-state index in [1.54, 1.807) is 24.3 Å². The first-order valence-corrected chi connectivity index (χ1v) is 14.6. The lowest BCUT2D eigenvalue weighted by atomic mass is 10.0. The number of anilines is 1. The second kappa shape index (κ2) is 13.3. The highest BCUT2D eigenvalue weighted by Gasteiger charge is 2.33. The number of hydrogen-bond acceptors (Lipinski definition) is 5. The third-order valence-corrected chi connectivity index (χ3v) is 7.30. The van der Waals surface area contributed by atoms with Crippen LogP contribution in [0.1, 0.15) is 30.5 Å². The molecule has 2 amide bonds. The van der Waals surface area contributed by atoms with E-state index in [0.717, 1.165) is 27.3 Å². The van der Waals surface area contributed by atoms with Crippen molar-refractivity contribution in [1.29, 1.82) is 0 Å². The molecule has 8 nitrogen and oxygen atoms in total. The van der Waals surface area contributed by atoms with Crippen LogP contribution in [0.2, 0.25) is 0 Å². The van der Waals surface area contributed by atoms with Crippen molar-refractivity contribution < 1.29 is 22.7 Å². The van der Waals surface area contributed by atoms with Crippen LogP contribution in [0.25, 0.3) is 0 Å². The van der Waals surface area contributed by atoms with Crippen LogP contribution in [0.3, 0.4) is 0 Å². The van der Waals surface area contributed by atoms with E-state index in [9.17, 15) is 18.0 Å². The summed E-state index contributed by atoms with van der Waals surface area (Å²) in [5.41, 5.74) is 2.98. The van der Waals surface area contributed by atoms with Crippen molar-refractivity contribution in [2.75, 3.05) is 24.2 Å². The second-order valence-electron chi connectivity index (χ2n) is 9.82. The zero-order valence-electron chi connectivity index (χ0n) is 23.1. The van der Waals surface area contributed by atoms with Gasteiger partial charge in [0.1, 0.15) is 18.3 Å². The summed E-state index contributed by atoms with van der Waals surface area (Å²) in [6.07, 6.45) is 1.31. The first-order chi connectivity index (χ1) is 18.5. The first-order valence-electron chi connectivity index (χ1n) is 12.8. The molecule has 0 radical (unpaired) electrons. The molecule has 39 heavy (non-hydrogen) atoms. The fraction of sp³-hybridized carbons (Fsp3) is 0.333. The lowest BCUT2D eigenvalue weighted by molar-refractivity contribution is -0.140. The SMILES string of the molecule is COc1ccccc1N(CC(=O)N(Cc1cccc(C)c1)[C@H](Cc1ccccc1)C(=O)NC(C)C)S(C)(=O)=O. The van der Waals surface area contributed by atoms with Crippen molar-refractivity contribution in [3.05, 3.63) is 95.6 Å². The molecule has 0 aromatic heterocycles. The van der Waals surface area contributed by atoms with Gasteiger partial charge < -0.3 is 15.0 Å². The summed E-state index contributed by atoms with van der Waals surface area (Å²) in [5.74, 6) is -0.495. The number of carbonyl (C=O) groups is 2. The molecule has 0 bridgehead atoms. The van der Waals surface area contributed by atoms with Gasteiger partial charge in [0.15, 0.2) is 0 Å². The molecule has 0 aliphatic heterocycles. The number of nitrogens with one attached hydrogen (secondary N) is 1. The van der Waals surface area contributed by atoms with E-state index in [1.807, 2.05) is 75.4 Å². The van der Waals surface area contributed by atoms with E-state index in [4.69, 9.17) is 4.74 Å². The van der Waals surface area contributed by atoms with E-state index in [2.05, 4.69) is 5.32 Å². The van der Waals surface area contributed by atoms with E-state index in [0.29, 0.717) is 5.75 Å². The second-order valence-corrected chi connectivity index (χ2v) is 11.7. The molecular formula is C30H37N3O5S. The van der Waals surface area contributed by atoms with Crippen LogP contribution in [-0.4, -0.2) is 57.1 Å². The number of amides is 2. The molecule has 3 aromatic carbocycles. The summed E-state index contributed by atoms with van der Waals surface area (Å²) in [5, 5.41) is 2.94. The van der Waals surface area contributed by atoms with E-state index in [1.165, 1.54) is 12.0 Å². The average Bonchev–Trinajstić information content (AvgIpc) is 2.88. The standard InChI is InChI=1S/C30H37N3O5S/c1-22(2)31-30(35)27(19-24-13-7-6-8-14-24)32(20-25-15-11-12-23(3)18-25)29(34)21-33(39(5,36)37)26-16-9-10-17-28(26)38-4/h6-18,22,27H,19-21H2,1-5H3,(H,31,35)/t27-/m1/s1. The molecule has 0 fully saturated rings. The van der Waals surface area contributed by atoms with Crippen LogP contribution < -0.4 is 14.4 Å². The van der Waals surface area contributed by atoms with Gasteiger partial charge in [-0.3, -0.25) is 13.9 Å². The lowest BCUT2D eigenvalue weighted by Gasteiger charge is -2.34. The fourth-order valence-electron chi connectivity index (χ4n) is 4.37. The number of para-hydroxylation sites is 2. The Morgan fingerprint density at radius 1 is 0.923 bits per heavy atom. The van der Waals surface area contributed by atoms with Gasteiger partial charge in [-0.05, 0) is 44.0 Å². The molecule has 0 aliphatic rings. The molecule has 0 spiro atoms. The summed E-state index contributed by atoms with van der Waals surface area (Å²) < 4.78 is 32.3. The summed E-state index contributed by atoms with van der Waals surface area (Å²) in [6.45, 7) is 5.31. The minimum atomic E-state index is -3.88. The number of sulfonamides is 1. The van der Waals surface area contributed by atoms with Gasteiger partial charge in [-0.1, -0.05) is 72.3 Å². The van der Waals surface area contributed by atoms with Gasteiger partial charge in [0.25, 0.3) is 0 Å². The van der Waals surface area contributed by atoms with Crippen LogP contribution >= 0.6 is 0 Å². The Labute approximate surface area is 231 Å². The molecule has 1 atom stereocenters. The van der Waals surface area contributed by atoms with Crippen LogP contribution in [0.5, 0.6) is 5.75 Å². The minimum absolute atomic E-state index is 0.132. The van der Waals surface area contributed by atoms with Gasteiger partial charge in [-0.15, -0.1) is 0 Å². The molecule has 3 rings (SSSR count). The predicted molar refractivity (Wildman–Crippen MR) is 154 cm³/mol. The van der Waals surface area contributed by atoms with Crippen molar-refractivity contribution in [2.24, 2.45) is 0 Å². The monoisotopic (exact) mass is 551 g/mol. The Bertz CT molecular complexity index is 1380. The lowest BCUT2D eigenvalue weighted by Crippen LogP contribution is -2.54. The molecule has 9 heteroatoms. The highest BCUT2D eigenvalue weighted by Crippen LogP contribution is 2.30. The Hall–Kier alpha value is -3.85. The smallest absolute Gasteiger partial charge is 0.244 e. The molecule has 1 N–H and O–H groups in total. The Morgan fingerprint density at radius 2 is 1.56 bits per heavy atom. The number of hydrogen-bond donors (Lipinski definition) is 1. The van der Waals surface area contributed by atoms with Crippen molar-refractivity contribution in [1.82, 2.24) is 10.2 Å². The van der Waals surface area contributed by atoms with Crippen molar-refractivity contribution in [3.8, 4) is 5.75 Å². The van der Waals surface area contributed by atoms with E-state index >= 15 is 0 Å². The van der Waals surface area contributed by atoms with Crippen LogP contribution in [-0.2, 0) is 32.6 Å². The fourth-order valence-corrected chi connectivity index (χ4v) is 5.23. The van der Waals surface area contributed by atoms with Crippen molar-refractivity contribution in [3.63, 3.8) is 0 Å². The van der Waals surface area contributed by atoms with Gasteiger partial charge in [0.05, 0.1) is 19.1 Å². The number of nitrogens with zero attached hydrogens (tertiary/aromatic N) is 2. The van der Waals surface area contributed by atoms with Crippen molar-refractivity contribution in [2.45, 2.75) is 45.8 Å². The van der Waals surface area contributed by atoms with Crippen molar-refractivity contribution >= 4 is 27.5 Å². The Kier molecular flexibility index (Phi) is 10.1. The minimum Gasteiger partial charge on any atom is -0.495 e. The summed E-state index contributed by atoms with van der Waals surface area (Å²) in [4.78, 5) is 29.1.